The third-order valence-corrected chi connectivity index (χ3v) is 5.14. The lowest BCUT2D eigenvalue weighted by Gasteiger charge is -2.14. The molecule has 3 rings (SSSR count). The zero-order valence-corrected chi connectivity index (χ0v) is 20.6. The Morgan fingerprint density at radius 1 is 0.886 bits per heavy atom. The molecule has 0 spiro atoms. The highest BCUT2D eigenvalue weighted by Gasteiger charge is 2.14. The van der Waals surface area contributed by atoms with Crippen LogP contribution in [0.4, 0.5) is 5.69 Å². The number of ether oxygens (including phenoxy) is 4. The molecule has 0 atom stereocenters. The topological polar surface area (TPSA) is 87.6 Å². The quantitative estimate of drug-likeness (QED) is 0.309. The van der Waals surface area contributed by atoms with Crippen LogP contribution < -0.4 is 24.3 Å². The normalized spacial score (nSPS) is 10.9. The number of carbonyl (C=O) groups is 1. The number of hydrogen-bond donors (Lipinski definition) is 1. The summed E-state index contributed by atoms with van der Waals surface area (Å²) >= 11 is 0. The molecule has 0 aliphatic carbocycles. The molecule has 0 heterocycles. The molecule has 0 saturated heterocycles. The van der Waals surface area contributed by atoms with E-state index in [0.717, 1.165) is 16.9 Å². The SMILES string of the molecule is COc1cc(NC(=O)CON=C(C)c2ccc(OCc3ccc(C)cc3)cc2)cc(OC)c1OC. The van der Waals surface area contributed by atoms with Gasteiger partial charge < -0.3 is 29.1 Å². The minimum Gasteiger partial charge on any atom is -0.493 e. The van der Waals surface area contributed by atoms with Gasteiger partial charge in [-0.1, -0.05) is 35.0 Å². The lowest BCUT2D eigenvalue weighted by molar-refractivity contribution is -0.120. The van der Waals surface area contributed by atoms with Crippen molar-refractivity contribution in [2.24, 2.45) is 5.16 Å². The predicted octanol–water partition coefficient (Wildman–Crippen LogP) is 4.98. The Bertz CT molecular complexity index is 1130. The minimum absolute atomic E-state index is 0.258. The molecule has 1 N–H and O–H groups in total. The summed E-state index contributed by atoms with van der Waals surface area (Å²) in [6.45, 7) is 4.10. The maximum Gasteiger partial charge on any atom is 0.265 e. The van der Waals surface area contributed by atoms with Crippen LogP contribution in [0.1, 0.15) is 23.6 Å². The summed E-state index contributed by atoms with van der Waals surface area (Å²) < 4.78 is 21.7. The molecule has 8 heteroatoms. The van der Waals surface area contributed by atoms with E-state index in [1.807, 2.05) is 24.3 Å². The van der Waals surface area contributed by atoms with E-state index >= 15 is 0 Å². The van der Waals surface area contributed by atoms with E-state index in [9.17, 15) is 4.79 Å². The van der Waals surface area contributed by atoms with Crippen LogP contribution in [0.25, 0.3) is 0 Å². The Hall–Kier alpha value is -4.20. The van der Waals surface area contributed by atoms with Crippen molar-refractivity contribution in [1.29, 1.82) is 0 Å². The Morgan fingerprint density at radius 2 is 1.51 bits per heavy atom. The van der Waals surface area contributed by atoms with Gasteiger partial charge in [0.05, 0.1) is 27.0 Å². The molecule has 0 bridgehead atoms. The Labute approximate surface area is 205 Å². The highest BCUT2D eigenvalue weighted by atomic mass is 16.6. The fourth-order valence-electron chi connectivity index (χ4n) is 3.23. The fraction of sp³-hybridized carbons (Fsp3) is 0.259. The second-order valence-corrected chi connectivity index (χ2v) is 7.71. The molecule has 3 aromatic carbocycles. The zero-order valence-electron chi connectivity index (χ0n) is 20.6. The third-order valence-electron chi connectivity index (χ3n) is 5.14. The maximum absolute atomic E-state index is 12.3. The average molecular weight is 479 g/mol. The molecule has 0 aliphatic rings. The molecular formula is C27H30N2O6. The van der Waals surface area contributed by atoms with Crippen LogP contribution in [0.15, 0.2) is 65.8 Å². The smallest absolute Gasteiger partial charge is 0.265 e. The van der Waals surface area contributed by atoms with Crippen molar-refractivity contribution in [2.75, 3.05) is 33.3 Å². The number of nitrogens with zero attached hydrogens (tertiary/aromatic N) is 1. The van der Waals surface area contributed by atoms with Gasteiger partial charge in [0.15, 0.2) is 18.1 Å². The van der Waals surface area contributed by atoms with E-state index < -0.39 is 0 Å². The lowest BCUT2D eigenvalue weighted by Crippen LogP contribution is -2.17. The Morgan fingerprint density at radius 3 is 2.09 bits per heavy atom. The molecule has 35 heavy (non-hydrogen) atoms. The molecule has 1 amide bonds. The number of methoxy groups -OCH3 is 3. The predicted molar refractivity (Wildman–Crippen MR) is 135 cm³/mol. The number of hydrogen-bond acceptors (Lipinski definition) is 7. The van der Waals surface area contributed by atoms with Crippen LogP contribution in [-0.4, -0.2) is 39.6 Å². The Balaban J connectivity index is 1.52. The van der Waals surface area contributed by atoms with Crippen LogP contribution in [0.2, 0.25) is 0 Å². The van der Waals surface area contributed by atoms with Gasteiger partial charge in [-0.05, 0) is 49.2 Å². The van der Waals surface area contributed by atoms with Crippen molar-refractivity contribution in [2.45, 2.75) is 20.5 Å². The number of benzene rings is 3. The molecule has 3 aromatic rings. The highest BCUT2D eigenvalue weighted by Crippen LogP contribution is 2.39. The van der Waals surface area contributed by atoms with Gasteiger partial charge in [0, 0.05) is 17.8 Å². The van der Waals surface area contributed by atoms with Crippen LogP contribution in [0.3, 0.4) is 0 Å². The summed E-state index contributed by atoms with van der Waals surface area (Å²) in [4.78, 5) is 17.5. The van der Waals surface area contributed by atoms with Gasteiger partial charge in [0.2, 0.25) is 5.75 Å². The van der Waals surface area contributed by atoms with Gasteiger partial charge in [-0.2, -0.15) is 0 Å². The fourth-order valence-corrected chi connectivity index (χ4v) is 3.23. The van der Waals surface area contributed by atoms with E-state index in [1.54, 1.807) is 19.1 Å². The summed E-state index contributed by atoms with van der Waals surface area (Å²) in [6.07, 6.45) is 0. The second-order valence-electron chi connectivity index (χ2n) is 7.71. The van der Waals surface area contributed by atoms with Crippen LogP contribution in [0, 0.1) is 6.92 Å². The molecule has 0 aliphatic heterocycles. The van der Waals surface area contributed by atoms with Gasteiger partial charge in [0.25, 0.3) is 5.91 Å². The number of carbonyl (C=O) groups excluding carboxylic acids is 1. The largest absolute Gasteiger partial charge is 0.493 e. The maximum atomic E-state index is 12.3. The van der Waals surface area contributed by atoms with Gasteiger partial charge in [-0.25, -0.2) is 0 Å². The standard InChI is InChI=1S/C27H30N2O6/c1-18-6-8-20(9-7-18)16-34-23-12-10-21(11-13-23)19(2)29-35-17-26(30)28-22-14-24(31-3)27(33-5)25(15-22)32-4/h6-15H,16-17H2,1-5H3,(H,28,30). The van der Waals surface area contributed by atoms with Crippen LogP contribution in [0.5, 0.6) is 23.0 Å². The Kier molecular flexibility index (Phi) is 8.95. The summed E-state index contributed by atoms with van der Waals surface area (Å²) in [5.41, 5.74) is 4.30. The summed E-state index contributed by atoms with van der Waals surface area (Å²) in [5.74, 6) is 1.69. The number of aryl methyl sites for hydroxylation is 1. The highest BCUT2D eigenvalue weighted by molar-refractivity contribution is 5.98. The van der Waals surface area contributed by atoms with E-state index in [-0.39, 0.29) is 12.5 Å². The van der Waals surface area contributed by atoms with Crippen molar-refractivity contribution in [3.63, 3.8) is 0 Å². The van der Waals surface area contributed by atoms with Crippen molar-refractivity contribution in [1.82, 2.24) is 0 Å². The summed E-state index contributed by atoms with van der Waals surface area (Å²) in [5, 5.41) is 6.78. The molecule has 0 saturated carbocycles. The summed E-state index contributed by atoms with van der Waals surface area (Å²) in [7, 11) is 4.53. The number of nitrogens with one attached hydrogen (secondary N) is 1. The van der Waals surface area contributed by atoms with Crippen molar-refractivity contribution in [3.05, 3.63) is 77.4 Å². The van der Waals surface area contributed by atoms with Gasteiger partial charge >= 0.3 is 0 Å². The molecule has 0 fully saturated rings. The molecule has 184 valence electrons. The minimum atomic E-state index is -0.379. The van der Waals surface area contributed by atoms with Crippen LogP contribution in [-0.2, 0) is 16.2 Å². The number of amides is 1. The molecule has 0 aromatic heterocycles. The van der Waals surface area contributed by atoms with Crippen molar-refractivity contribution >= 4 is 17.3 Å². The number of anilines is 1. The molecule has 8 nitrogen and oxygen atoms in total. The van der Waals surface area contributed by atoms with E-state index in [2.05, 4.69) is 41.7 Å². The monoisotopic (exact) mass is 478 g/mol. The van der Waals surface area contributed by atoms with Gasteiger partial charge in [-0.3, -0.25) is 4.79 Å². The summed E-state index contributed by atoms with van der Waals surface area (Å²) in [6, 6.07) is 19.0. The average Bonchev–Trinajstić information content (AvgIpc) is 2.87. The first kappa shape index (κ1) is 25.4. The van der Waals surface area contributed by atoms with Crippen LogP contribution >= 0.6 is 0 Å². The first-order valence-corrected chi connectivity index (χ1v) is 11.0. The first-order chi connectivity index (χ1) is 16.9. The third kappa shape index (κ3) is 7.14. The van der Waals surface area contributed by atoms with E-state index in [4.69, 9.17) is 23.8 Å². The second kappa shape index (κ2) is 12.3. The van der Waals surface area contributed by atoms with E-state index in [0.29, 0.717) is 35.3 Å². The lowest BCUT2D eigenvalue weighted by atomic mass is 10.1. The number of oxime groups is 1. The molecular weight excluding hydrogens is 448 g/mol. The number of rotatable bonds is 11. The first-order valence-electron chi connectivity index (χ1n) is 11.0. The van der Waals surface area contributed by atoms with Gasteiger partial charge in [-0.15, -0.1) is 0 Å². The van der Waals surface area contributed by atoms with E-state index in [1.165, 1.54) is 26.9 Å². The van der Waals surface area contributed by atoms with Crippen molar-refractivity contribution < 1.29 is 28.6 Å². The van der Waals surface area contributed by atoms with Gasteiger partial charge in [0.1, 0.15) is 12.4 Å². The molecule has 0 unspecified atom stereocenters. The van der Waals surface area contributed by atoms with Crippen molar-refractivity contribution in [3.8, 4) is 23.0 Å². The zero-order chi connectivity index (χ0) is 25.2. The molecule has 0 radical (unpaired) electrons.